The summed E-state index contributed by atoms with van der Waals surface area (Å²) in [5.74, 6) is 1.09. The van der Waals surface area contributed by atoms with E-state index in [2.05, 4.69) is 30.6 Å². The highest BCUT2D eigenvalue weighted by atomic mass is 16.2. The van der Waals surface area contributed by atoms with E-state index in [4.69, 9.17) is 0 Å². The van der Waals surface area contributed by atoms with Gasteiger partial charge in [0.1, 0.15) is 17.0 Å². The Hall–Kier alpha value is -2.96. The molecule has 0 aromatic carbocycles. The van der Waals surface area contributed by atoms with Crippen molar-refractivity contribution >= 4 is 22.8 Å². The quantitative estimate of drug-likeness (QED) is 0.669. The van der Waals surface area contributed by atoms with Crippen molar-refractivity contribution in [1.29, 1.82) is 0 Å². The first-order valence-electron chi connectivity index (χ1n) is 7.83. The lowest BCUT2D eigenvalue weighted by atomic mass is 10.0. The van der Waals surface area contributed by atoms with Crippen molar-refractivity contribution in [2.45, 2.75) is 26.3 Å². The molecule has 7 heteroatoms. The van der Waals surface area contributed by atoms with Crippen LogP contribution in [0.4, 0.5) is 5.82 Å². The zero-order valence-corrected chi connectivity index (χ0v) is 13.9. The molecule has 0 bridgehead atoms. The molecule has 124 valence electrons. The summed E-state index contributed by atoms with van der Waals surface area (Å²) in [4.78, 5) is 28.4. The van der Waals surface area contributed by atoms with Crippen LogP contribution in [-0.4, -0.2) is 37.9 Å². The van der Waals surface area contributed by atoms with Gasteiger partial charge in [-0.3, -0.25) is 4.79 Å². The Bertz CT molecular complexity index is 870. The number of carbonyl (C=O) groups excluding carboxylic acids is 1. The van der Waals surface area contributed by atoms with Crippen LogP contribution in [0.15, 0.2) is 36.8 Å². The van der Waals surface area contributed by atoms with Crippen LogP contribution in [0, 0.1) is 0 Å². The van der Waals surface area contributed by atoms with E-state index in [1.54, 1.807) is 18.5 Å². The SMILES string of the molecule is CCNC(=O)C(C)(C)Nc1ccnc(-c2c[nH]c3ncccc23)n1. The molecule has 3 N–H and O–H groups in total. The molecular formula is C17H20N6O. The third-order valence-electron chi connectivity index (χ3n) is 3.69. The van der Waals surface area contributed by atoms with E-state index in [1.165, 1.54) is 0 Å². The summed E-state index contributed by atoms with van der Waals surface area (Å²) in [6.07, 6.45) is 5.25. The Kier molecular flexibility index (Phi) is 4.16. The largest absolute Gasteiger partial charge is 0.356 e. The molecule has 1 amide bonds. The highest BCUT2D eigenvalue weighted by Crippen LogP contribution is 2.25. The van der Waals surface area contributed by atoms with Crippen LogP contribution in [-0.2, 0) is 4.79 Å². The number of nitrogens with one attached hydrogen (secondary N) is 3. The second-order valence-electron chi connectivity index (χ2n) is 5.98. The van der Waals surface area contributed by atoms with Gasteiger partial charge in [-0.05, 0) is 39.0 Å². The lowest BCUT2D eigenvalue weighted by Crippen LogP contribution is -2.48. The molecule has 0 saturated heterocycles. The highest BCUT2D eigenvalue weighted by molar-refractivity contribution is 5.92. The number of fused-ring (bicyclic) bond motifs is 1. The minimum Gasteiger partial charge on any atom is -0.356 e. The molecule has 0 aliphatic heterocycles. The summed E-state index contributed by atoms with van der Waals surface area (Å²) in [6.45, 7) is 6.11. The van der Waals surface area contributed by atoms with Gasteiger partial charge < -0.3 is 15.6 Å². The van der Waals surface area contributed by atoms with Gasteiger partial charge in [0.05, 0.1) is 0 Å². The lowest BCUT2D eigenvalue weighted by Gasteiger charge is -2.25. The van der Waals surface area contributed by atoms with Crippen LogP contribution in [0.5, 0.6) is 0 Å². The molecule has 3 heterocycles. The van der Waals surface area contributed by atoms with Gasteiger partial charge in [0.25, 0.3) is 0 Å². The van der Waals surface area contributed by atoms with Crippen LogP contribution in [0.25, 0.3) is 22.4 Å². The molecule has 0 saturated carbocycles. The molecule has 0 radical (unpaired) electrons. The molecule has 0 atom stereocenters. The van der Waals surface area contributed by atoms with Gasteiger partial charge in [-0.15, -0.1) is 0 Å². The van der Waals surface area contributed by atoms with Gasteiger partial charge in [-0.2, -0.15) is 0 Å². The predicted octanol–water partition coefficient (Wildman–Crippen LogP) is 2.35. The standard InChI is InChI=1S/C17H20N6O/c1-4-18-16(24)17(2,3)23-13-7-9-20-15(22-13)12-10-21-14-11(12)6-5-8-19-14/h5-10H,4H2,1-3H3,(H,18,24)(H,19,21)(H,20,22,23). The molecule has 7 nitrogen and oxygen atoms in total. The number of nitrogens with zero attached hydrogens (tertiary/aromatic N) is 3. The lowest BCUT2D eigenvalue weighted by molar-refractivity contribution is -0.124. The van der Waals surface area contributed by atoms with Crippen molar-refractivity contribution in [3.8, 4) is 11.4 Å². The molecule has 0 unspecified atom stereocenters. The molecule has 0 fully saturated rings. The highest BCUT2D eigenvalue weighted by Gasteiger charge is 2.27. The van der Waals surface area contributed by atoms with Gasteiger partial charge in [0, 0.05) is 36.1 Å². The van der Waals surface area contributed by atoms with E-state index in [-0.39, 0.29) is 5.91 Å². The van der Waals surface area contributed by atoms with Crippen LogP contribution < -0.4 is 10.6 Å². The average Bonchev–Trinajstić information content (AvgIpc) is 2.99. The molecule has 0 aliphatic rings. The van der Waals surface area contributed by atoms with E-state index >= 15 is 0 Å². The minimum absolute atomic E-state index is 0.0820. The van der Waals surface area contributed by atoms with Gasteiger partial charge in [0.2, 0.25) is 5.91 Å². The Morgan fingerprint density at radius 1 is 1.25 bits per heavy atom. The molecular weight excluding hydrogens is 304 g/mol. The zero-order chi connectivity index (χ0) is 17.2. The fraction of sp³-hybridized carbons (Fsp3) is 0.294. The number of pyridine rings is 1. The molecule has 24 heavy (non-hydrogen) atoms. The number of aromatic nitrogens is 4. The van der Waals surface area contributed by atoms with Crippen molar-refractivity contribution in [2.75, 3.05) is 11.9 Å². The first-order valence-corrected chi connectivity index (χ1v) is 7.83. The summed E-state index contributed by atoms with van der Waals surface area (Å²) in [6, 6.07) is 5.59. The monoisotopic (exact) mass is 324 g/mol. The van der Waals surface area contributed by atoms with Crippen molar-refractivity contribution < 1.29 is 4.79 Å². The Morgan fingerprint density at radius 2 is 2.08 bits per heavy atom. The molecule has 3 aromatic rings. The summed E-state index contributed by atoms with van der Waals surface area (Å²) in [5.41, 5.74) is 0.887. The molecule has 0 spiro atoms. The second-order valence-corrected chi connectivity index (χ2v) is 5.98. The summed E-state index contributed by atoms with van der Waals surface area (Å²) >= 11 is 0. The smallest absolute Gasteiger partial charge is 0.245 e. The summed E-state index contributed by atoms with van der Waals surface area (Å²) in [5, 5.41) is 6.93. The normalized spacial score (nSPS) is 11.5. The van der Waals surface area contributed by atoms with E-state index < -0.39 is 5.54 Å². The molecule has 0 aliphatic carbocycles. The predicted molar refractivity (Wildman–Crippen MR) is 93.5 cm³/mol. The maximum Gasteiger partial charge on any atom is 0.245 e. The zero-order valence-electron chi connectivity index (χ0n) is 13.9. The van der Waals surface area contributed by atoms with E-state index in [0.717, 1.165) is 16.6 Å². The van der Waals surface area contributed by atoms with Crippen LogP contribution in [0.3, 0.4) is 0 Å². The maximum absolute atomic E-state index is 12.1. The topological polar surface area (TPSA) is 95.6 Å². The van der Waals surface area contributed by atoms with Crippen LogP contribution >= 0.6 is 0 Å². The summed E-state index contributed by atoms with van der Waals surface area (Å²) < 4.78 is 0. The van der Waals surface area contributed by atoms with Crippen molar-refractivity contribution in [2.24, 2.45) is 0 Å². The van der Waals surface area contributed by atoms with Crippen molar-refractivity contribution in [1.82, 2.24) is 25.3 Å². The number of carbonyl (C=O) groups is 1. The Labute approximate surface area is 139 Å². The van der Waals surface area contributed by atoms with E-state index in [9.17, 15) is 4.79 Å². The number of likely N-dealkylation sites (N-methyl/N-ethyl adjacent to an activating group) is 1. The number of H-pyrrole nitrogens is 1. The molecule has 3 aromatic heterocycles. The first-order chi connectivity index (χ1) is 11.5. The van der Waals surface area contributed by atoms with Crippen molar-refractivity contribution in [3.63, 3.8) is 0 Å². The molecule has 3 rings (SSSR count). The summed E-state index contributed by atoms with van der Waals surface area (Å²) in [7, 11) is 0. The third-order valence-corrected chi connectivity index (χ3v) is 3.69. The van der Waals surface area contributed by atoms with Gasteiger partial charge in [0.15, 0.2) is 5.82 Å². The number of hydrogen-bond donors (Lipinski definition) is 3. The number of anilines is 1. The minimum atomic E-state index is -0.774. The number of rotatable bonds is 5. The van der Waals surface area contributed by atoms with Gasteiger partial charge >= 0.3 is 0 Å². The van der Waals surface area contributed by atoms with Gasteiger partial charge in [-0.25, -0.2) is 15.0 Å². The number of aromatic amines is 1. The van der Waals surface area contributed by atoms with Crippen LogP contribution in [0.2, 0.25) is 0 Å². The maximum atomic E-state index is 12.1. The fourth-order valence-corrected chi connectivity index (χ4v) is 2.46. The Morgan fingerprint density at radius 3 is 2.88 bits per heavy atom. The van der Waals surface area contributed by atoms with Crippen molar-refractivity contribution in [3.05, 3.63) is 36.8 Å². The Balaban J connectivity index is 1.91. The first kappa shape index (κ1) is 15.9. The second kappa shape index (κ2) is 6.27. The van der Waals surface area contributed by atoms with Crippen LogP contribution in [0.1, 0.15) is 20.8 Å². The number of hydrogen-bond acceptors (Lipinski definition) is 5. The number of amides is 1. The van der Waals surface area contributed by atoms with E-state index in [1.807, 2.05) is 39.1 Å². The van der Waals surface area contributed by atoms with E-state index in [0.29, 0.717) is 18.2 Å². The third kappa shape index (κ3) is 3.05. The fourth-order valence-electron chi connectivity index (χ4n) is 2.46. The average molecular weight is 324 g/mol. The van der Waals surface area contributed by atoms with Gasteiger partial charge in [-0.1, -0.05) is 0 Å².